The van der Waals surface area contributed by atoms with Crippen LogP contribution in [0, 0.1) is 0 Å². The van der Waals surface area contributed by atoms with Gasteiger partial charge < -0.3 is 11.1 Å². The number of carbonyl (C=O) groups excluding carboxylic acids is 1. The van der Waals surface area contributed by atoms with Gasteiger partial charge in [0.2, 0.25) is 5.91 Å². The third-order valence-corrected chi connectivity index (χ3v) is 4.76. The largest absolute Gasteiger partial charge is 0.399 e. The summed E-state index contributed by atoms with van der Waals surface area (Å²) in [5, 5.41) is 5.66. The molecular formula is C16H19N3OS. The van der Waals surface area contributed by atoms with Crippen LogP contribution in [0.3, 0.4) is 0 Å². The van der Waals surface area contributed by atoms with Crippen LogP contribution >= 0.6 is 11.3 Å². The van der Waals surface area contributed by atoms with E-state index in [9.17, 15) is 4.79 Å². The zero-order chi connectivity index (χ0) is 15.0. The van der Waals surface area contributed by atoms with Crippen molar-refractivity contribution in [3.8, 4) is 0 Å². The molecule has 0 saturated heterocycles. The number of amides is 1. The molecular weight excluding hydrogens is 282 g/mol. The van der Waals surface area contributed by atoms with Gasteiger partial charge in [-0.3, -0.25) is 4.79 Å². The van der Waals surface area contributed by atoms with Crippen molar-refractivity contribution in [2.24, 2.45) is 0 Å². The maximum Gasteiger partial charge on any atom is 0.236 e. The molecule has 0 spiro atoms. The second kappa shape index (κ2) is 5.15. The Morgan fingerprint density at radius 3 is 2.52 bits per heavy atom. The smallest absolute Gasteiger partial charge is 0.236 e. The summed E-state index contributed by atoms with van der Waals surface area (Å²) in [5.74, 6) is 0.413. The standard InChI is InChI=1S/C16H19N3OS/c1-10(2)13-9-21-15(18-13)19-14(20)16(7-8-16)11-3-5-12(17)6-4-11/h3-6,9-10H,7-8,17H2,1-2H3,(H,18,19,20). The predicted molar refractivity (Wildman–Crippen MR) is 86.6 cm³/mol. The molecule has 0 radical (unpaired) electrons. The van der Waals surface area contributed by atoms with E-state index in [-0.39, 0.29) is 5.91 Å². The van der Waals surface area contributed by atoms with E-state index in [4.69, 9.17) is 5.73 Å². The van der Waals surface area contributed by atoms with Gasteiger partial charge in [-0.1, -0.05) is 26.0 Å². The van der Waals surface area contributed by atoms with Crippen molar-refractivity contribution >= 4 is 28.1 Å². The van der Waals surface area contributed by atoms with E-state index < -0.39 is 5.41 Å². The number of carbonyl (C=O) groups is 1. The molecule has 2 aromatic rings. The average molecular weight is 301 g/mol. The van der Waals surface area contributed by atoms with Crippen molar-refractivity contribution in [3.63, 3.8) is 0 Å². The minimum absolute atomic E-state index is 0.0388. The molecule has 1 saturated carbocycles. The van der Waals surface area contributed by atoms with Gasteiger partial charge in [0.1, 0.15) is 0 Å². The van der Waals surface area contributed by atoms with E-state index >= 15 is 0 Å². The zero-order valence-corrected chi connectivity index (χ0v) is 13.0. The van der Waals surface area contributed by atoms with Gasteiger partial charge in [0, 0.05) is 11.1 Å². The lowest BCUT2D eigenvalue weighted by Crippen LogP contribution is -2.27. The number of nitrogens with zero attached hydrogens (tertiary/aromatic N) is 1. The van der Waals surface area contributed by atoms with E-state index in [0.717, 1.165) is 29.8 Å². The van der Waals surface area contributed by atoms with Crippen LogP contribution in [-0.2, 0) is 10.2 Å². The van der Waals surface area contributed by atoms with Gasteiger partial charge >= 0.3 is 0 Å². The van der Waals surface area contributed by atoms with Crippen molar-refractivity contribution in [1.29, 1.82) is 0 Å². The second-order valence-electron chi connectivity index (χ2n) is 5.89. The van der Waals surface area contributed by atoms with Crippen molar-refractivity contribution in [3.05, 3.63) is 40.9 Å². The maximum absolute atomic E-state index is 12.6. The van der Waals surface area contributed by atoms with Crippen LogP contribution in [0.2, 0.25) is 0 Å². The highest BCUT2D eigenvalue weighted by molar-refractivity contribution is 7.13. The van der Waals surface area contributed by atoms with Crippen LogP contribution in [0.25, 0.3) is 0 Å². The Bertz CT molecular complexity index is 656. The molecule has 110 valence electrons. The number of anilines is 2. The highest BCUT2D eigenvalue weighted by Gasteiger charge is 2.51. The number of nitrogens with two attached hydrogens (primary N) is 1. The highest BCUT2D eigenvalue weighted by Crippen LogP contribution is 2.49. The molecule has 0 bridgehead atoms. The zero-order valence-electron chi connectivity index (χ0n) is 12.2. The Morgan fingerprint density at radius 1 is 1.33 bits per heavy atom. The number of hydrogen-bond donors (Lipinski definition) is 2. The molecule has 3 rings (SSSR count). The molecule has 1 aromatic carbocycles. The van der Waals surface area contributed by atoms with Gasteiger partial charge in [0.05, 0.1) is 11.1 Å². The molecule has 1 fully saturated rings. The molecule has 1 aliphatic rings. The number of thiazole rings is 1. The maximum atomic E-state index is 12.6. The van der Waals surface area contributed by atoms with Crippen LogP contribution < -0.4 is 11.1 Å². The summed E-state index contributed by atoms with van der Waals surface area (Å²) in [6.45, 7) is 4.19. The Hall–Kier alpha value is -1.88. The molecule has 4 nitrogen and oxygen atoms in total. The number of aromatic nitrogens is 1. The van der Waals surface area contributed by atoms with Gasteiger partial charge in [0.15, 0.2) is 5.13 Å². The number of benzene rings is 1. The Balaban J connectivity index is 1.76. The summed E-state index contributed by atoms with van der Waals surface area (Å²) >= 11 is 1.48. The van der Waals surface area contributed by atoms with Gasteiger partial charge in [-0.2, -0.15) is 0 Å². The predicted octanol–water partition coefficient (Wildman–Crippen LogP) is 3.52. The molecule has 5 heteroatoms. The molecule has 1 amide bonds. The monoisotopic (exact) mass is 301 g/mol. The molecule has 1 heterocycles. The van der Waals surface area contributed by atoms with E-state index in [1.54, 1.807) is 0 Å². The Labute approximate surface area is 128 Å². The van der Waals surface area contributed by atoms with E-state index in [1.807, 2.05) is 29.6 Å². The Morgan fingerprint density at radius 2 is 2.00 bits per heavy atom. The first-order valence-electron chi connectivity index (χ1n) is 7.14. The molecule has 0 atom stereocenters. The first-order valence-corrected chi connectivity index (χ1v) is 8.02. The van der Waals surface area contributed by atoms with Crippen molar-refractivity contribution < 1.29 is 4.79 Å². The van der Waals surface area contributed by atoms with E-state index in [2.05, 4.69) is 24.1 Å². The summed E-state index contributed by atoms with van der Waals surface area (Å²) in [6.07, 6.45) is 1.76. The van der Waals surface area contributed by atoms with Crippen LogP contribution in [0.1, 0.15) is 43.9 Å². The van der Waals surface area contributed by atoms with Gasteiger partial charge in [-0.15, -0.1) is 11.3 Å². The van der Waals surface area contributed by atoms with Crippen LogP contribution in [0.4, 0.5) is 10.8 Å². The lowest BCUT2D eigenvalue weighted by Gasteiger charge is -2.14. The van der Waals surface area contributed by atoms with Crippen molar-refractivity contribution in [1.82, 2.24) is 4.98 Å². The first kappa shape index (κ1) is 14.1. The topological polar surface area (TPSA) is 68.0 Å². The van der Waals surface area contributed by atoms with Crippen LogP contribution in [0.15, 0.2) is 29.6 Å². The lowest BCUT2D eigenvalue weighted by molar-refractivity contribution is -0.118. The fourth-order valence-corrected chi connectivity index (χ4v) is 3.27. The quantitative estimate of drug-likeness (QED) is 0.849. The van der Waals surface area contributed by atoms with E-state index in [0.29, 0.717) is 11.0 Å². The second-order valence-corrected chi connectivity index (χ2v) is 6.75. The third-order valence-electron chi connectivity index (χ3n) is 3.98. The molecule has 21 heavy (non-hydrogen) atoms. The van der Waals surface area contributed by atoms with Gasteiger partial charge in [0.25, 0.3) is 0 Å². The molecule has 0 aliphatic heterocycles. The summed E-state index contributed by atoms with van der Waals surface area (Å²) in [5.41, 5.74) is 8.10. The minimum Gasteiger partial charge on any atom is -0.399 e. The summed E-state index contributed by atoms with van der Waals surface area (Å²) in [7, 11) is 0. The number of nitrogen functional groups attached to an aromatic ring is 1. The average Bonchev–Trinajstić information content (AvgIpc) is 3.13. The normalized spacial score (nSPS) is 16.0. The fourth-order valence-electron chi connectivity index (χ4n) is 2.40. The minimum atomic E-state index is -0.392. The molecule has 0 unspecified atom stereocenters. The van der Waals surface area contributed by atoms with Crippen LogP contribution in [-0.4, -0.2) is 10.9 Å². The van der Waals surface area contributed by atoms with Crippen LogP contribution in [0.5, 0.6) is 0 Å². The molecule has 1 aromatic heterocycles. The lowest BCUT2D eigenvalue weighted by atomic mass is 9.95. The first-order chi connectivity index (χ1) is 10.0. The van der Waals surface area contributed by atoms with Crippen molar-refractivity contribution in [2.75, 3.05) is 11.1 Å². The summed E-state index contributed by atoms with van der Waals surface area (Å²) < 4.78 is 0. The van der Waals surface area contributed by atoms with Crippen molar-refractivity contribution in [2.45, 2.75) is 38.0 Å². The Kier molecular flexibility index (Phi) is 3.45. The number of nitrogens with one attached hydrogen (secondary N) is 1. The highest BCUT2D eigenvalue weighted by atomic mass is 32.1. The molecule has 1 aliphatic carbocycles. The van der Waals surface area contributed by atoms with Gasteiger partial charge in [-0.25, -0.2) is 4.98 Å². The fraction of sp³-hybridized carbons (Fsp3) is 0.375. The SMILES string of the molecule is CC(C)c1csc(NC(=O)C2(c3ccc(N)cc3)CC2)n1. The summed E-state index contributed by atoms with van der Waals surface area (Å²) in [6, 6.07) is 7.60. The number of hydrogen-bond acceptors (Lipinski definition) is 4. The van der Waals surface area contributed by atoms with Gasteiger partial charge in [-0.05, 0) is 36.5 Å². The summed E-state index contributed by atoms with van der Waals surface area (Å²) in [4.78, 5) is 17.1. The molecule has 3 N–H and O–H groups in total. The third kappa shape index (κ3) is 2.65. The van der Waals surface area contributed by atoms with E-state index in [1.165, 1.54) is 11.3 Å². The number of rotatable bonds is 4.